The molecule has 0 aliphatic carbocycles. The molecular formula is C13H17N3O5. The first-order valence-corrected chi connectivity index (χ1v) is 6.00. The highest BCUT2D eigenvalue weighted by atomic mass is 16.6. The third kappa shape index (κ3) is 4.46. The summed E-state index contributed by atoms with van der Waals surface area (Å²) in [6.07, 6.45) is 4.34. The number of carboxylic acid groups (broad SMARTS) is 1. The van der Waals surface area contributed by atoms with Gasteiger partial charge in [-0.25, -0.2) is 4.79 Å². The number of carboxylic acids is 1. The maximum absolute atomic E-state index is 11.5. The summed E-state index contributed by atoms with van der Waals surface area (Å²) >= 11 is 0. The molecule has 0 aromatic carbocycles. The number of nitrogens with zero attached hydrogens (tertiary/aromatic N) is 2. The normalized spacial score (nSPS) is 20.4. The standard InChI is InChI=1S/C13H17N3O5/c1-4-7-19-11-14-12(20-8-5-2)16-13(15-11,10(17)18)21-9-6-3/h4-6H,1-3,7-9H2,(H,17,18)(H,14,15,16). The summed E-state index contributed by atoms with van der Waals surface area (Å²) < 4.78 is 15.5. The van der Waals surface area contributed by atoms with Crippen molar-refractivity contribution < 1.29 is 24.1 Å². The lowest BCUT2D eigenvalue weighted by Crippen LogP contribution is -2.58. The minimum atomic E-state index is -2.09. The fraction of sp³-hybridized carbons (Fsp3) is 0.308. The van der Waals surface area contributed by atoms with Gasteiger partial charge in [-0.05, 0) is 0 Å². The highest BCUT2D eigenvalue weighted by molar-refractivity contribution is 5.96. The van der Waals surface area contributed by atoms with E-state index in [1.54, 1.807) is 0 Å². The molecule has 1 heterocycles. The van der Waals surface area contributed by atoms with Gasteiger partial charge in [0.1, 0.15) is 13.2 Å². The van der Waals surface area contributed by atoms with Crippen LogP contribution in [0.4, 0.5) is 0 Å². The monoisotopic (exact) mass is 295 g/mol. The van der Waals surface area contributed by atoms with Crippen LogP contribution in [0.2, 0.25) is 0 Å². The first-order valence-electron chi connectivity index (χ1n) is 6.00. The molecular weight excluding hydrogens is 278 g/mol. The highest BCUT2D eigenvalue weighted by Gasteiger charge is 2.45. The van der Waals surface area contributed by atoms with Gasteiger partial charge in [0.05, 0.1) is 6.61 Å². The molecule has 0 radical (unpaired) electrons. The van der Waals surface area contributed by atoms with Gasteiger partial charge in [0.25, 0.3) is 6.02 Å². The molecule has 1 aliphatic heterocycles. The fourth-order valence-corrected chi connectivity index (χ4v) is 1.26. The number of amidine groups is 2. The number of ether oxygens (including phenoxy) is 3. The minimum Gasteiger partial charge on any atom is -0.476 e. The van der Waals surface area contributed by atoms with Gasteiger partial charge in [0.15, 0.2) is 0 Å². The molecule has 0 saturated heterocycles. The molecule has 0 aromatic heterocycles. The van der Waals surface area contributed by atoms with Gasteiger partial charge in [-0.2, -0.15) is 4.99 Å². The number of rotatable bonds is 8. The van der Waals surface area contributed by atoms with Crippen molar-refractivity contribution in [2.45, 2.75) is 5.85 Å². The highest BCUT2D eigenvalue weighted by Crippen LogP contribution is 2.16. The second-order valence-corrected chi connectivity index (χ2v) is 3.68. The predicted octanol–water partition coefficient (Wildman–Crippen LogP) is 0.648. The number of nitrogens with one attached hydrogen (secondary N) is 1. The van der Waals surface area contributed by atoms with E-state index in [4.69, 9.17) is 14.2 Å². The average molecular weight is 295 g/mol. The zero-order valence-corrected chi connectivity index (χ0v) is 11.4. The Balaban J connectivity index is 3.05. The maximum Gasteiger partial charge on any atom is 0.382 e. The van der Waals surface area contributed by atoms with E-state index < -0.39 is 11.8 Å². The Labute approximate surface area is 122 Å². The van der Waals surface area contributed by atoms with Crippen molar-refractivity contribution in [3.05, 3.63) is 38.0 Å². The molecule has 2 N–H and O–H groups in total. The molecule has 0 saturated carbocycles. The van der Waals surface area contributed by atoms with E-state index in [0.29, 0.717) is 0 Å². The van der Waals surface area contributed by atoms with Gasteiger partial charge in [0.2, 0.25) is 0 Å². The first-order chi connectivity index (χ1) is 10.1. The van der Waals surface area contributed by atoms with E-state index in [1.807, 2.05) is 0 Å². The lowest BCUT2D eigenvalue weighted by molar-refractivity contribution is -0.166. The zero-order valence-electron chi connectivity index (χ0n) is 11.4. The number of aliphatic carboxylic acids is 1. The van der Waals surface area contributed by atoms with Crippen molar-refractivity contribution in [2.24, 2.45) is 9.98 Å². The molecule has 0 fully saturated rings. The molecule has 1 aliphatic rings. The largest absolute Gasteiger partial charge is 0.476 e. The second kappa shape index (κ2) is 7.85. The van der Waals surface area contributed by atoms with E-state index in [-0.39, 0.29) is 31.9 Å². The summed E-state index contributed by atoms with van der Waals surface area (Å²) in [6, 6.07) is -0.297. The van der Waals surface area contributed by atoms with Crippen LogP contribution in [0.25, 0.3) is 0 Å². The van der Waals surface area contributed by atoms with Crippen LogP contribution in [-0.2, 0) is 19.0 Å². The van der Waals surface area contributed by atoms with Crippen molar-refractivity contribution >= 4 is 18.0 Å². The molecule has 1 unspecified atom stereocenters. The van der Waals surface area contributed by atoms with Crippen LogP contribution in [-0.4, -0.2) is 48.8 Å². The van der Waals surface area contributed by atoms with Gasteiger partial charge in [-0.3, -0.25) is 5.32 Å². The summed E-state index contributed by atoms with van der Waals surface area (Å²) in [5.41, 5.74) is 0. The summed E-state index contributed by atoms with van der Waals surface area (Å²) in [4.78, 5) is 19.2. The Morgan fingerprint density at radius 2 is 1.81 bits per heavy atom. The van der Waals surface area contributed by atoms with Crippen LogP contribution < -0.4 is 5.32 Å². The minimum absolute atomic E-state index is 0.0493. The van der Waals surface area contributed by atoms with E-state index in [2.05, 4.69) is 35.0 Å². The van der Waals surface area contributed by atoms with Crippen LogP contribution in [0.5, 0.6) is 0 Å². The molecule has 8 nitrogen and oxygen atoms in total. The molecule has 1 rings (SSSR count). The number of hydrogen-bond acceptors (Lipinski definition) is 7. The zero-order chi connectivity index (χ0) is 15.7. The van der Waals surface area contributed by atoms with Crippen molar-refractivity contribution in [2.75, 3.05) is 19.8 Å². The molecule has 0 amide bonds. The van der Waals surface area contributed by atoms with Gasteiger partial charge in [-0.15, -0.1) is 11.6 Å². The summed E-state index contributed by atoms with van der Waals surface area (Å²) in [5, 5.41) is 11.8. The van der Waals surface area contributed by atoms with E-state index in [0.717, 1.165) is 0 Å². The lowest BCUT2D eigenvalue weighted by Gasteiger charge is -2.29. The van der Waals surface area contributed by atoms with Gasteiger partial charge in [-0.1, -0.05) is 31.4 Å². The topological polar surface area (TPSA) is 102 Å². The second-order valence-electron chi connectivity index (χ2n) is 3.68. The molecule has 1 atom stereocenters. The summed E-state index contributed by atoms with van der Waals surface area (Å²) in [6.45, 7) is 10.6. The number of carbonyl (C=O) groups is 1. The van der Waals surface area contributed by atoms with Gasteiger partial charge >= 0.3 is 17.8 Å². The lowest BCUT2D eigenvalue weighted by atomic mass is 10.4. The van der Waals surface area contributed by atoms with Crippen molar-refractivity contribution in [1.29, 1.82) is 0 Å². The van der Waals surface area contributed by atoms with E-state index in [9.17, 15) is 9.90 Å². The van der Waals surface area contributed by atoms with Gasteiger partial charge < -0.3 is 19.3 Å². The van der Waals surface area contributed by atoms with Crippen LogP contribution >= 0.6 is 0 Å². The van der Waals surface area contributed by atoms with Crippen molar-refractivity contribution in [3.8, 4) is 0 Å². The molecule has 8 heteroatoms. The van der Waals surface area contributed by atoms with Crippen LogP contribution in [0, 0.1) is 0 Å². The summed E-state index contributed by atoms with van der Waals surface area (Å²) in [5.74, 6) is -3.47. The van der Waals surface area contributed by atoms with Crippen LogP contribution in [0.3, 0.4) is 0 Å². The number of hydrogen-bond donors (Lipinski definition) is 2. The quantitative estimate of drug-likeness (QED) is 0.637. The Morgan fingerprint density at radius 3 is 2.38 bits per heavy atom. The van der Waals surface area contributed by atoms with Crippen molar-refractivity contribution in [3.63, 3.8) is 0 Å². The molecule has 0 spiro atoms. The average Bonchev–Trinajstić information content (AvgIpc) is 2.48. The Bertz CT molecular complexity index is 486. The molecule has 21 heavy (non-hydrogen) atoms. The predicted molar refractivity (Wildman–Crippen MR) is 76.8 cm³/mol. The smallest absolute Gasteiger partial charge is 0.382 e. The fourth-order valence-electron chi connectivity index (χ4n) is 1.26. The first kappa shape index (κ1) is 16.4. The molecule has 0 aromatic rings. The SMILES string of the molecule is C=CCOC1=NC(OCC=C)(C(=O)O)NC(OCC=C)=N1. The molecule has 0 bridgehead atoms. The van der Waals surface area contributed by atoms with E-state index >= 15 is 0 Å². The maximum atomic E-state index is 11.5. The third-order valence-corrected chi connectivity index (χ3v) is 2.09. The number of aliphatic imine (C=N–C) groups is 2. The van der Waals surface area contributed by atoms with Crippen LogP contribution in [0.1, 0.15) is 0 Å². The van der Waals surface area contributed by atoms with Crippen LogP contribution in [0.15, 0.2) is 47.9 Å². The Hall–Kier alpha value is -2.61. The van der Waals surface area contributed by atoms with Crippen molar-refractivity contribution in [1.82, 2.24) is 5.32 Å². The molecule has 114 valence electrons. The van der Waals surface area contributed by atoms with Gasteiger partial charge in [0, 0.05) is 0 Å². The summed E-state index contributed by atoms with van der Waals surface area (Å²) in [7, 11) is 0. The Kier molecular flexibility index (Phi) is 6.15. The Morgan fingerprint density at radius 1 is 1.19 bits per heavy atom. The third-order valence-electron chi connectivity index (χ3n) is 2.09. The van der Waals surface area contributed by atoms with E-state index in [1.165, 1.54) is 18.2 Å².